The number of carbonyl (C=O) groups excluding carboxylic acids is 1. The predicted octanol–water partition coefficient (Wildman–Crippen LogP) is 1.12. The summed E-state index contributed by atoms with van der Waals surface area (Å²) in [6.07, 6.45) is 5.86. The van der Waals surface area contributed by atoms with E-state index in [0.717, 1.165) is 6.42 Å². The zero-order valence-corrected chi connectivity index (χ0v) is 8.62. The van der Waals surface area contributed by atoms with E-state index in [0.29, 0.717) is 6.04 Å². The highest BCUT2D eigenvalue weighted by Crippen LogP contribution is 2.24. The molecule has 1 fully saturated rings. The highest BCUT2D eigenvalue weighted by Gasteiger charge is 2.27. The average Bonchev–Trinajstić information content (AvgIpc) is 2.56. The Kier molecular flexibility index (Phi) is 3.72. The minimum absolute atomic E-state index is 0.0666. The molecule has 1 rings (SSSR count). The van der Waals surface area contributed by atoms with Crippen LogP contribution < -0.4 is 5.73 Å². The Labute approximate surface area is 80.3 Å². The van der Waals surface area contributed by atoms with Gasteiger partial charge in [0.15, 0.2) is 0 Å². The number of amides is 1. The average molecular weight is 184 g/mol. The molecule has 13 heavy (non-hydrogen) atoms. The van der Waals surface area contributed by atoms with Crippen LogP contribution in [0.25, 0.3) is 0 Å². The highest BCUT2D eigenvalue weighted by atomic mass is 16.1. The maximum Gasteiger partial charge on any atom is 0.234 e. The zero-order valence-electron chi connectivity index (χ0n) is 8.62. The fourth-order valence-corrected chi connectivity index (χ4v) is 2.26. The van der Waals surface area contributed by atoms with Crippen LogP contribution in [0.2, 0.25) is 0 Å². The number of rotatable bonds is 4. The number of likely N-dealkylation sites (N-methyl/N-ethyl adjacent to an activating group) is 1. The van der Waals surface area contributed by atoms with Crippen LogP contribution in [0, 0.1) is 0 Å². The van der Waals surface area contributed by atoms with Crippen molar-refractivity contribution in [2.24, 2.45) is 5.73 Å². The van der Waals surface area contributed by atoms with Gasteiger partial charge in [-0.15, -0.1) is 0 Å². The van der Waals surface area contributed by atoms with Crippen LogP contribution in [0.4, 0.5) is 0 Å². The molecule has 0 aliphatic heterocycles. The lowest BCUT2D eigenvalue weighted by Gasteiger charge is -2.30. The fourth-order valence-electron chi connectivity index (χ4n) is 2.26. The molecule has 1 amide bonds. The van der Waals surface area contributed by atoms with Gasteiger partial charge in [-0.05, 0) is 26.3 Å². The maximum absolute atomic E-state index is 11.1. The van der Waals surface area contributed by atoms with E-state index in [1.165, 1.54) is 25.7 Å². The Bertz CT molecular complexity index is 176. The molecular weight excluding hydrogens is 164 g/mol. The highest BCUT2D eigenvalue weighted by molar-refractivity contribution is 5.79. The van der Waals surface area contributed by atoms with Crippen LogP contribution in [-0.2, 0) is 4.79 Å². The first-order chi connectivity index (χ1) is 6.16. The van der Waals surface area contributed by atoms with Crippen LogP contribution in [-0.4, -0.2) is 29.9 Å². The third kappa shape index (κ3) is 2.44. The summed E-state index contributed by atoms with van der Waals surface area (Å²) in [7, 11) is 2.02. The first-order valence-corrected chi connectivity index (χ1v) is 5.18. The Hall–Kier alpha value is -0.570. The third-order valence-corrected chi connectivity index (χ3v) is 3.11. The van der Waals surface area contributed by atoms with E-state index in [1.54, 1.807) is 0 Å². The van der Waals surface area contributed by atoms with Crippen molar-refractivity contribution in [2.45, 2.75) is 51.1 Å². The number of carbonyl (C=O) groups is 1. The Morgan fingerprint density at radius 3 is 2.46 bits per heavy atom. The van der Waals surface area contributed by atoms with Crippen LogP contribution in [0.3, 0.4) is 0 Å². The molecule has 0 aromatic carbocycles. The SMILES string of the molecule is CCC(C(N)=O)N(C)C1CCCC1. The molecule has 2 N–H and O–H groups in total. The second kappa shape index (κ2) is 4.61. The minimum Gasteiger partial charge on any atom is -0.368 e. The van der Waals surface area contributed by atoms with Gasteiger partial charge >= 0.3 is 0 Å². The van der Waals surface area contributed by atoms with Crippen LogP contribution in [0.1, 0.15) is 39.0 Å². The standard InChI is InChI=1S/C10H20N2O/c1-3-9(10(11)13)12(2)8-6-4-5-7-8/h8-9H,3-7H2,1-2H3,(H2,11,13). The van der Waals surface area contributed by atoms with Crippen molar-refractivity contribution in [3.8, 4) is 0 Å². The second-order valence-electron chi connectivity index (χ2n) is 3.93. The summed E-state index contributed by atoms with van der Waals surface area (Å²) in [5, 5.41) is 0. The second-order valence-corrected chi connectivity index (χ2v) is 3.93. The van der Waals surface area contributed by atoms with E-state index < -0.39 is 0 Å². The summed E-state index contributed by atoms with van der Waals surface area (Å²) in [6.45, 7) is 2.01. The van der Waals surface area contributed by atoms with E-state index in [9.17, 15) is 4.79 Å². The molecular formula is C10H20N2O. The summed E-state index contributed by atoms with van der Waals surface area (Å²) in [6, 6.07) is 0.514. The molecule has 0 heterocycles. The fraction of sp³-hybridized carbons (Fsp3) is 0.900. The molecule has 0 bridgehead atoms. The van der Waals surface area contributed by atoms with Crippen LogP contribution >= 0.6 is 0 Å². The summed E-state index contributed by atoms with van der Waals surface area (Å²) < 4.78 is 0. The molecule has 0 radical (unpaired) electrons. The van der Waals surface area contributed by atoms with E-state index in [2.05, 4.69) is 4.90 Å². The Morgan fingerprint density at radius 2 is 2.08 bits per heavy atom. The lowest BCUT2D eigenvalue weighted by molar-refractivity contribution is -0.123. The van der Waals surface area contributed by atoms with Crippen molar-refractivity contribution in [3.05, 3.63) is 0 Å². The molecule has 3 nitrogen and oxygen atoms in total. The van der Waals surface area contributed by atoms with Gasteiger partial charge in [0.2, 0.25) is 5.91 Å². The molecule has 1 aliphatic rings. The van der Waals surface area contributed by atoms with Crippen molar-refractivity contribution in [1.29, 1.82) is 0 Å². The van der Waals surface area contributed by atoms with Gasteiger partial charge in [0, 0.05) is 6.04 Å². The number of nitrogens with two attached hydrogens (primary N) is 1. The largest absolute Gasteiger partial charge is 0.368 e. The molecule has 1 aliphatic carbocycles. The molecule has 0 aromatic heterocycles. The third-order valence-electron chi connectivity index (χ3n) is 3.11. The quantitative estimate of drug-likeness (QED) is 0.711. The monoisotopic (exact) mass is 184 g/mol. The van der Waals surface area contributed by atoms with Crippen molar-refractivity contribution in [2.75, 3.05) is 7.05 Å². The lowest BCUT2D eigenvalue weighted by atomic mass is 10.1. The van der Waals surface area contributed by atoms with E-state index in [4.69, 9.17) is 5.73 Å². The topological polar surface area (TPSA) is 46.3 Å². The molecule has 3 heteroatoms. The summed E-state index contributed by atoms with van der Waals surface area (Å²) >= 11 is 0. The van der Waals surface area contributed by atoms with Gasteiger partial charge in [0.1, 0.15) is 0 Å². The van der Waals surface area contributed by atoms with Crippen molar-refractivity contribution in [3.63, 3.8) is 0 Å². The zero-order chi connectivity index (χ0) is 9.84. The number of hydrogen-bond acceptors (Lipinski definition) is 2. The number of primary amides is 1. The number of hydrogen-bond donors (Lipinski definition) is 1. The molecule has 1 atom stereocenters. The molecule has 0 aromatic rings. The minimum atomic E-state index is -0.183. The smallest absolute Gasteiger partial charge is 0.234 e. The Balaban J connectivity index is 2.51. The normalized spacial score (nSPS) is 20.8. The van der Waals surface area contributed by atoms with Gasteiger partial charge < -0.3 is 5.73 Å². The van der Waals surface area contributed by atoms with Gasteiger partial charge in [-0.1, -0.05) is 19.8 Å². The van der Waals surface area contributed by atoms with Crippen molar-refractivity contribution < 1.29 is 4.79 Å². The van der Waals surface area contributed by atoms with Crippen LogP contribution in [0.15, 0.2) is 0 Å². The molecule has 0 saturated heterocycles. The van der Waals surface area contributed by atoms with Crippen molar-refractivity contribution in [1.82, 2.24) is 4.90 Å². The molecule has 0 spiro atoms. The van der Waals surface area contributed by atoms with Gasteiger partial charge in [0.05, 0.1) is 6.04 Å². The Morgan fingerprint density at radius 1 is 1.54 bits per heavy atom. The predicted molar refractivity (Wildman–Crippen MR) is 53.3 cm³/mol. The van der Waals surface area contributed by atoms with Crippen LogP contribution in [0.5, 0.6) is 0 Å². The summed E-state index contributed by atoms with van der Waals surface area (Å²) in [4.78, 5) is 13.3. The first-order valence-electron chi connectivity index (χ1n) is 5.18. The first kappa shape index (κ1) is 10.5. The van der Waals surface area contributed by atoms with Gasteiger partial charge in [0.25, 0.3) is 0 Å². The van der Waals surface area contributed by atoms with Gasteiger partial charge in [-0.3, -0.25) is 9.69 Å². The van der Waals surface area contributed by atoms with Gasteiger partial charge in [-0.2, -0.15) is 0 Å². The molecule has 76 valence electrons. The van der Waals surface area contributed by atoms with E-state index in [1.807, 2.05) is 14.0 Å². The van der Waals surface area contributed by atoms with E-state index in [-0.39, 0.29) is 11.9 Å². The summed E-state index contributed by atoms with van der Waals surface area (Å²) in [5.41, 5.74) is 5.34. The maximum atomic E-state index is 11.1. The van der Waals surface area contributed by atoms with Gasteiger partial charge in [-0.25, -0.2) is 0 Å². The lowest BCUT2D eigenvalue weighted by Crippen LogP contribution is -2.46. The van der Waals surface area contributed by atoms with E-state index >= 15 is 0 Å². The molecule has 1 saturated carbocycles. The van der Waals surface area contributed by atoms with Crippen molar-refractivity contribution >= 4 is 5.91 Å². The summed E-state index contributed by atoms with van der Waals surface area (Å²) in [5.74, 6) is -0.183. The molecule has 1 unspecified atom stereocenters. The number of nitrogens with zero attached hydrogens (tertiary/aromatic N) is 1.